The van der Waals surface area contributed by atoms with Gasteiger partial charge in [-0.15, -0.1) is 0 Å². The first kappa shape index (κ1) is 22.7. The Morgan fingerprint density at radius 1 is 1.06 bits per heavy atom. The molecule has 0 bridgehead atoms. The molecule has 1 atom stereocenters. The van der Waals surface area contributed by atoms with E-state index in [0.29, 0.717) is 11.6 Å². The lowest BCUT2D eigenvalue weighted by Crippen LogP contribution is -2.55. The van der Waals surface area contributed by atoms with Crippen LogP contribution in [0.15, 0.2) is 59.9 Å². The van der Waals surface area contributed by atoms with E-state index in [1.54, 1.807) is 47.5 Å². The van der Waals surface area contributed by atoms with Crippen LogP contribution in [0.3, 0.4) is 0 Å². The van der Waals surface area contributed by atoms with Crippen molar-refractivity contribution in [3.63, 3.8) is 0 Å². The second kappa shape index (κ2) is 8.41. The first-order valence-corrected chi connectivity index (χ1v) is 13.3. The summed E-state index contributed by atoms with van der Waals surface area (Å²) in [4.78, 5) is 25.3. The second-order valence-corrected chi connectivity index (χ2v) is 11.7. The number of anilines is 1. The first-order valence-electron chi connectivity index (χ1n) is 11.5. The van der Waals surface area contributed by atoms with Gasteiger partial charge in [0, 0.05) is 24.3 Å². The van der Waals surface area contributed by atoms with E-state index in [4.69, 9.17) is 16.3 Å². The summed E-state index contributed by atoms with van der Waals surface area (Å²) in [6.45, 7) is 1.90. The van der Waals surface area contributed by atoms with Crippen LogP contribution in [0.25, 0.3) is 10.8 Å². The highest BCUT2D eigenvalue weighted by atomic mass is 35.5. The van der Waals surface area contributed by atoms with E-state index in [1.807, 2.05) is 6.07 Å². The molecule has 0 aliphatic carbocycles. The third-order valence-electron chi connectivity index (χ3n) is 7.16. The van der Waals surface area contributed by atoms with Gasteiger partial charge in [-0.05, 0) is 53.9 Å². The van der Waals surface area contributed by atoms with Gasteiger partial charge >= 0.3 is 0 Å². The number of carbonyl (C=O) groups excluding carboxylic acids is 1. The number of amides is 1. The number of piperidine rings is 1. The van der Waals surface area contributed by atoms with Crippen LogP contribution in [0.4, 0.5) is 5.82 Å². The molecule has 11 heteroatoms. The molecule has 1 spiro atoms. The van der Waals surface area contributed by atoms with Crippen molar-refractivity contribution in [2.24, 2.45) is 0 Å². The lowest BCUT2D eigenvalue weighted by Gasteiger charge is -2.38. The minimum absolute atomic E-state index is 0.115. The van der Waals surface area contributed by atoms with Gasteiger partial charge in [-0.1, -0.05) is 23.7 Å². The van der Waals surface area contributed by atoms with E-state index in [1.165, 1.54) is 10.6 Å². The quantitative estimate of drug-likeness (QED) is 0.531. The molecule has 3 aliphatic heterocycles. The molecular weight excluding hydrogens is 490 g/mol. The molecule has 3 fully saturated rings. The minimum Gasteiger partial charge on any atom is -0.356 e. The summed E-state index contributed by atoms with van der Waals surface area (Å²) in [5.41, 5.74) is -0.466. The number of sulfonamides is 1. The van der Waals surface area contributed by atoms with E-state index in [9.17, 15) is 13.2 Å². The molecule has 2 aromatic carbocycles. The zero-order chi connectivity index (χ0) is 24.2. The SMILES string of the molecule is O=C1CN(S(=O)(=O)c2ccc3cc(Cl)ccc3c2)CC2OC3(CCN(c4ccncn4)CC3)CN12. The van der Waals surface area contributed by atoms with Gasteiger partial charge in [0.05, 0.1) is 30.1 Å². The Kier molecular flexibility index (Phi) is 5.44. The molecule has 9 nitrogen and oxygen atoms in total. The summed E-state index contributed by atoms with van der Waals surface area (Å²) >= 11 is 6.05. The van der Waals surface area contributed by atoms with E-state index < -0.39 is 21.9 Å². The number of benzene rings is 2. The molecule has 1 aromatic heterocycles. The van der Waals surface area contributed by atoms with Gasteiger partial charge in [0.15, 0.2) is 0 Å². The molecule has 3 saturated heterocycles. The summed E-state index contributed by atoms with van der Waals surface area (Å²) in [7, 11) is -3.87. The summed E-state index contributed by atoms with van der Waals surface area (Å²) < 4.78 is 34.6. The average molecular weight is 514 g/mol. The Hall–Kier alpha value is -2.79. The number of hydrogen-bond acceptors (Lipinski definition) is 7. The Balaban J connectivity index is 1.19. The van der Waals surface area contributed by atoms with Gasteiger partial charge in [0.1, 0.15) is 18.4 Å². The third kappa shape index (κ3) is 4.04. The molecule has 6 rings (SSSR count). The summed E-state index contributed by atoms with van der Waals surface area (Å²) in [5.74, 6) is 0.643. The smallest absolute Gasteiger partial charge is 0.243 e. The van der Waals surface area contributed by atoms with Gasteiger partial charge in [0.2, 0.25) is 15.9 Å². The fraction of sp³-hybridized carbons (Fsp3) is 0.375. The van der Waals surface area contributed by atoms with Gasteiger partial charge < -0.3 is 14.5 Å². The fourth-order valence-corrected chi connectivity index (χ4v) is 6.84. The highest BCUT2D eigenvalue weighted by Crippen LogP contribution is 2.38. The largest absolute Gasteiger partial charge is 0.356 e. The molecule has 0 N–H and O–H groups in total. The minimum atomic E-state index is -3.87. The van der Waals surface area contributed by atoms with Gasteiger partial charge in [0.25, 0.3) is 0 Å². The van der Waals surface area contributed by atoms with Gasteiger partial charge in [-0.2, -0.15) is 4.31 Å². The van der Waals surface area contributed by atoms with E-state index >= 15 is 0 Å². The molecule has 182 valence electrons. The number of rotatable bonds is 3. The molecule has 0 saturated carbocycles. The molecule has 4 heterocycles. The number of fused-ring (bicyclic) bond motifs is 2. The van der Waals surface area contributed by atoms with Crippen molar-refractivity contribution in [3.05, 3.63) is 60.0 Å². The Labute approximate surface area is 208 Å². The lowest BCUT2D eigenvalue weighted by molar-refractivity contribution is -0.144. The predicted octanol–water partition coefficient (Wildman–Crippen LogP) is 2.51. The maximum atomic E-state index is 13.5. The van der Waals surface area contributed by atoms with Crippen molar-refractivity contribution >= 4 is 44.1 Å². The van der Waals surface area contributed by atoms with E-state index in [0.717, 1.165) is 42.5 Å². The number of nitrogens with zero attached hydrogens (tertiary/aromatic N) is 5. The topological polar surface area (TPSA) is 95.9 Å². The molecule has 1 unspecified atom stereocenters. The van der Waals surface area contributed by atoms with Crippen molar-refractivity contribution in [1.82, 2.24) is 19.2 Å². The van der Waals surface area contributed by atoms with Crippen molar-refractivity contribution in [2.75, 3.05) is 37.6 Å². The highest BCUT2D eigenvalue weighted by molar-refractivity contribution is 7.89. The van der Waals surface area contributed by atoms with Gasteiger partial charge in [-0.25, -0.2) is 18.4 Å². The molecular formula is C24H24ClN5O4S. The maximum Gasteiger partial charge on any atom is 0.243 e. The third-order valence-corrected chi connectivity index (χ3v) is 9.20. The Morgan fingerprint density at radius 2 is 1.83 bits per heavy atom. The summed E-state index contributed by atoms with van der Waals surface area (Å²) in [5, 5.41) is 2.21. The van der Waals surface area contributed by atoms with E-state index in [2.05, 4.69) is 14.9 Å². The molecule has 3 aliphatic rings. The average Bonchev–Trinajstić information content (AvgIpc) is 3.23. The monoisotopic (exact) mass is 513 g/mol. The number of carbonyl (C=O) groups is 1. The molecule has 35 heavy (non-hydrogen) atoms. The molecule has 1 amide bonds. The van der Waals surface area contributed by atoms with Crippen LogP contribution in [-0.2, 0) is 19.6 Å². The van der Waals surface area contributed by atoms with E-state index in [-0.39, 0.29) is 23.9 Å². The number of aromatic nitrogens is 2. The predicted molar refractivity (Wildman–Crippen MR) is 131 cm³/mol. The molecule has 3 aromatic rings. The van der Waals surface area contributed by atoms with Gasteiger partial charge in [-0.3, -0.25) is 4.79 Å². The Bertz CT molecular complexity index is 1400. The number of halogens is 1. The summed E-state index contributed by atoms with van der Waals surface area (Å²) in [6, 6.07) is 12.1. The van der Waals surface area contributed by atoms with Crippen molar-refractivity contribution in [1.29, 1.82) is 0 Å². The number of ether oxygens (including phenoxy) is 1. The van der Waals surface area contributed by atoms with Crippen LogP contribution >= 0.6 is 11.6 Å². The van der Waals surface area contributed by atoms with Crippen LogP contribution in [0.1, 0.15) is 12.8 Å². The highest BCUT2D eigenvalue weighted by Gasteiger charge is 2.52. The van der Waals surface area contributed by atoms with Crippen molar-refractivity contribution in [2.45, 2.75) is 29.6 Å². The van der Waals surface area contributed by atoms with Crippen LogP contribution < -0.4 is 4.90 Å². The standard InChI is InChI=1S/C24H24ClN5O4S/c25-19-3-1-18-12-20(4-2-17(18)11-19)35(32,33)29-13-22(31)30-15-24(34-23(30)14-29)6-9-28(10-7-24)21-5-8-26-16-27-21/h1-5,8,11-12,16,23H,6-7,9-10,13-15H2. The first-order chi connectivity index (χ1) is 16.8. The maximum absolute atomic E-state index is 13.5. The molecule has 0 radical (unpaired) electrons. The Morgan fingerprint density at radius 3 is 2.60 bits per heavy atom. The van der Waals surface area contributed by atoms with Crippen molar-refractivity contribution in [3.8, 4) is 0 Å². The van der Waals surface area contributed by atoms with Crippen molar-refractivity contribution < 1.29 is 17.9 Å². The van der Waals surface area contributed by atoms with Crippen LogP contribution in [0, 0.1) is 0 Å². The van der Waals surface area contributed by atoms with Crippen LogP contribution in [-0.4, -0.2) is 78.1 Å². The lowest BCUT2D eigenvalue weighted by atomic mass is 9.91. The number of piperazine rings is 1. The normalized spacial score (nSPS) is 22.7. The second-order valence-electron chi connectivity index (χ2n) is 9.28. The number of hydrogen-bond donors (Lipinski definition) is 0. The zero-order valence-corrected chi connectivity index (χ0v) is 20.5. The fourth-order valence-electron chi connectivity index (χ4n) is 5.24. The zero-order valence-electron chi connectivity index (χ0n) is 18.9. The summed E-state index contributed by atoms with van der Waals surface area (Å²) in [6.07, 6.45) is 4.13. The van der Waals surface area contributed by atoms with Crippen LogP contribution in [0.5, 0.6) is 0 Å². The van der Waals surface area contributed by atoms with Crippen LogP contribution in [0.2, 0.25) is 5.02 Å².